The number of ether oxygens (including phenoxy) is 1. The number of rotatable bonds is 5. The van der Waals surface area contributed by atoms with Crippen LogP contribution in [-0.4, -0.2) is 55.2 Å². The van der Waals surface area contributed by atoms with Crippen LogP contribution in [0.3, 0.4) is 0 Å². The Labute approximate surface area is 135 Å². The third kappa shape index (κ3) is 3.53. The molecule has 0 N–H and O–H groups in total. The van der Waals surface area contributed by atoms with Crippen LogP contribution in [-0.2, 0) is 28.0 Å². The maximum atomic E-state index is 12.6. The topological polar surface area (TPSA) is 77.3 Å². The van der Waals surface area contributed by atoms with Gasteiger partial charge in [-0.3, -0.25) is 4.57 Å². The lowest BCUT2D eigenvalue weighted by molar-refractivity contribution is 0.121. The van der Waals surface area contributed by atoms with Crippen LogP contribution >= 0.6 is 0 Å². The highest BCUT2D eigenvalue weighted by Crippen LogP contribution is 2.18. The molecular weight excluding hydrogens is 316 g/mol. The Morgan fingerprint density at radius 3 is 2.52 bits per heavy atom. The molecule has 0 saturated carbocycles. The van der Waals surface area contributed by atoms with Crippen molar-refractivity contribution >= 4 is 15.8 Å². The first kappa shape index (κ1) is 15.9. The van der Waals surface area contributed by atoms with E-state index in [-0.39, 0.29) is 10.9 Å². The van der Waals surface area contributed by atoms with Gasteiger partial charge < -0.3 is 9.64 Å². The van der Waals surface area contributed by atoms with Crippen molar-refractivity contribution < 1.29 is 13.2 Å². The number of sulfone groups is 1. The van der Waals surface area contributed by atoms with Crippen molar-refractivity contribution in [2.75, 3.05) is 37.0 Å². The number of hydrogen-bond acceptors (Lipinski definition) is 6. The summed E-state index contributed by atoms with van der Waals surface area (Å²) in [5, 5.41) is 8.01. The van der Waals surface area contributed by atoms with Gasteiger partial charge in [-0.1, -0.05) is 30.3 Å². The minimum Gasteiger partial charge on any atom is -0.378 e. The van der Waals surface area contributed by atoms with Crippen LogP contribution in [0.4, 0.5) is 5.95 Å². The normalized spacial score (nSPS) is 15.8. The van der Waals surface area contributed by atoms with E-state index in [9.17, 15) is 8.42 Å². The summed E-state index contributed by atoms with van der Waals surface area (Å²) in [7, 11) is -1.78. The summed E-state index contributed by atoms with van der Waals surface area (Å²) in [6.45, 7) is 2.61. The lowest BCUT2D eigenvalue weighted by atomic mass is 10.2. The van der Waals surface area contributed by atoms with E-state index in [1.54, 1.807) is 11.6 Å². The van der Waals surface area contributed by atoms with Gasteiger partial charge in [-0.2, -0.15) is 0 Å². The molecule has 7 nitrogen and oxygen atoms in total. The molecule has 1 aromatic heterocycles. The van der Waals surface area contributed by atoms with E-state index in [2.05, 4.69) is 10.2 Å². The number of hydrogen-bond donors (Lipinski definition) is 0. The fourth-order valence-corrected chi connectivity index (χ4v) is 3.96. The van der Waals surface area contributed by atoms with Gasteiger partial charge in [0.25, 0.3) is 5.16 Å². The minimum absolute atomic E-state index is 0.0199. The van der Waals surface area contributed by atoms with Gasteiger partial charge in [0, 0.05) is 20.1 Å². The number of aromatic nitrogens is 3. The van der Waals surface area contributed by atoms with Crippen molar-refractivity contribution in [1.82, 2.24) is 14.8 Å². The summed E-state index contributed by atoms with van der Waals surface area (Å²) in [4.78, 5) is 1.99. The summed E-state index contributed by atoms with van der Waals surface area (Å²) in [6.07, 6.45) is 0.461. The number of morpholine rings is 1. The number of nitrogens with zero attached hydrogens (tertiary/aromatic N) is 4. The van der Waals surface area contributed by atoms with Gasteiger partial charge in [-0.25, -0.2) is 8.42 Å². The summed E-state index contributed by atoms with van der Waals surface area (Å²) in [5.41, 5.74) is 0.992. The molecule has 8 heteroatoms. The molecule has 1 aliphatic rings. The molecule has 0 amide bonds. The number of aryl methyl sites for hydroxylation is 1. The van der Waals surface area contributed by atoms with Crippen molar-refractivity contribution in [3.63, 3.8) is 0 Å². The average Bonchev–Trinajstić information content (AvgIpc) is 2.97. The van der Waals surface area contributed by atoms with E-state index in [1.807, 2.05) is 35.2 Å². The fourth-order valence-electron chi connectivity index (χ4n) is 2.60. The largest absolute Gasteiger partial charge is 0.378 e. The van der Waals surface area contributed by atoms with Crippen LogP contribution in [0, 0.1) is 0 Å². The van der Waals surface area contributed by atoms with E-state index in [4.69, 9.17) is 4.74 Å². The fraction of sp³-hybridized carbons (Fsp3) is 0.467. The van der Waals surface area contributed by atoms with Crippen molar-refractivity contribution in [2.24, 2.45) is 7.05 Å². The standard InChI is InChI=1S/C15H20N4O3S/c1-18-14(19-8-10-22-11-9-19)16-17-15(18)23(20,21)12-7-13-5-3-2-4-6-13/h2-6H,7-12H2,1H3. The van der Waals surface area contributed by atoms with Crippen LogP contribution in [0.2, 0.25) is 0 Å². The lowest BCUT2D eigenvalue weighted by Crippen LogP contribution is -2.37. The predicted molar refractivity (Wildman–Crippen MR) is 86.2 cm³/mol. The first-order chi connectivity index (χ1) is 11.1. The Bertz CT molecular complexity index is 752. The predicted octanol–water partition coefficient (Wildman–Crippen LogP) is 0.668. The lowest BCUT2D eigenvalue weighted by Gasteiger charge is -2.27. The number of benzene rings is 1. The maximum Gasteiger partial charge on any atom is 0.250 e. The SMILES string of the molecule is Cn1c(N2CCOCC2)nnc1S(=O)(=O)CCc1ccccc1. The molecule has 0 radical (unpaired) electrons. The molecule has 0 aliphatic carbocycles. The van der Waals surface area contributed by atoms with Crippen molar-refractivity contribution in [3.8, 4) is 0 Å². The van der Waals surface area contributed by atoms with Crippen molar-refractivity contribution in [2.45, 2.75) is 11.6 Å². The molecular formula is C15H20N4O3S. The quantitative estimate of drug-likeness (QED) is 0.799. The minimum atomic E-state index is -3.48. The van der Waals surface area contributed by atoms with E-state index in [1.165, 1.54) is 0 Å². The molecule has 1 fully saturated rings. The van der Waals surface area contributed by atoms with Crippen molar-refractivity contribution in [1.29, 1.82) is 0 Å². The van der Waals surface area contributed by atoms with Gasteiger partial charge in [0.15, 0.2) is 0 Å². The maximum absolute atomic E-state index is 12.6. The molecule has 124 valence electrons. The smallest absolute Gasteiger partial charge is 0.250 e. The summed E-state index contributed by atoms with van der Waals surface area (Å²) in [5.74, 6) is 0.595. The highest BCUT2D eigenvalue weighted by atomic mass is 32.2. The molecule has 1 aromatic carbocycles. The van der Waals surface area contributed by atoms with E-state index in [0.29, 0.717) is 38.7 Å². The monoisotopic (exact) mass is 336 g/mol. The van der Waals surface area contributed by atoms with Gasteiger partial charge in [0.2, 0.25) is 15.8 Å². The molecule has 1 aliphatic heterocycles. The molecule has 2 aromatic rings. The van der Waals surface area contributed by atoms with Crippen LogP contribution in [0.5, 0.6) is 0 Å². The Morgan fingerprint density at radius 1 is 1.13 bits per heavy atom. The first-order valence-electron chi connectivity index (χ1n) is 7.57. The van der Waals surface area contributed by atoms with Crippen LogP contribution < -0.4 is 4.90 Å². The highest BCUT2D eigenvalue weighted by Gasteiger charge is 2.25. The van der Waals surface area contributed by atoms with Gasteiger partial charge in [-0.05, 0) is 12.0 Å². The molecule has 1 saturated heterocycles. The van der Waals surface area contributed by atoms with Gasteiger partial charge in [-0.15, -0.1) is 10.2 Å². The second-order valence-corrected chi connectivity index (χ2v) is 7.50. The molecule has 3 rings (SSSR count). The van der Waals surface area contributed by atoms with E-state index >= 15 is 0 Å². The molecule has 0 unspecified atom stereocenters. The van der Waals surface area contributed by atoms with Crippen LogP contribution in [0.15, 0.2) is 35.5 Å². The first-order valence-corrected chi connectivity index (χ1v) is 9.22. The third-order valence-electron chi connectivity index (χ3n) is 3.89. The molecule has 23 heavy (non-hydrogen) atoms. The number of anilines is 1. The second kappa shape index (κ2) is 6.67. The van der Waals surface area contributed by atoms with E-state index < -0.39 is 9.84 Å². The zero-order valence-corrected chi connectivity index (χ0v) is 13.9. The molecule has 0 atom stereocenters. The Kier molecular flexibility index (Phi) is 4.63. The summed E-state index contributed by atoms with van der Waals surface area (Å²) in [6, 6.07) is 9.56. The van der Waals surface area contributed by atoms with Gasteiger partial charge in [0.05, 0.1) is 19.0 Å². The zero-order valence-electron chi connectivity index (χ0n) is 13.1. The Hall–Kier alpha value is -1.93. The van der Waals surface area contributed by atoms with Crippen molar-refractivity contribution in [3.05, 3.63) is 35.9 Å². The van der Waals surface area contributed by atoms with Crippen LogP contribution in [0.1, 0.15) is 5.56 Å². The molecule has 0 bridgehead atoms. The summed E-state index contributed by atoms with van der Waals surface area (Å²) < 4.78 is 32.0. The average molecular weight is 336 g/mol. The molecule has 2 heterocycles. The highest BCUT2D eigenvalue weighted by molar-refractivity contribution is 7.91. The van der Waals surface area contributed by atoms with E-state index in [0.717, 1.165) is 5.56 Å². The zero-order chi connectivity index (χ0) is 16.3. The Balaban J connectivity index is 1.76. The summed E-state index contributed by atoms with van der Waals surface area (Å²) >= 11 is 0. The van der Waals surface area contributed by atoms with Gasteiger partial charge in [0.1, 0.15) is 0 Å². The third-order valence-corrected chi connectivity index (χ3v) is 5.54. The van der Waals surface area contributed by atoms with Gasteiger partial charge >= 0.3 is 0 Å². The van der Waals surface area contributed by atoms with Crippen LogP contribution in [0.25, 0.3) is 0 Å². The second-order valence-electron chi connectivity index (χ2n) is 5.50. The molecule has 0 spiro atoms. The Morgan fingerprint density at radius 2 is 1.83 bits per heavy atom.